The number of para-hydroxylation sites is 1. The fraction of sp³-hybridized carbons (Fsp3) is 0.333. The van der Waals surface area contributed by atoms with Crippen LogP contribution in [0.25, 0.3) is 0 Å². The summed E-state index contributed by atoms with van der Waals surface area (Å²) < 4.78 is 16.4. The molecule has 3 amide bonds. The zero-order chi connectivity index (χ0) is 19.7. The normalized spacial score (nSPS) is 20.4. The van der Waals surface area contributed by atoms with Gasteiger partial charge in [-0.25, -0.2) is 4.79 Å². The van der Waals surface area contributed by atoms with Gasteiger partial charge in [0.2, 0.25) is 6.79 Å². The van der Waals surface area contributed by atoms with Gasteiger partial charge in [-0.3, -0.25) is 9.69 Å². The van der Waals surface area contributed by atoms with Crippen LogP contribution in [0.3, 0.4) is 0 Å². The number of fused-ring (bicyclic) bond motifs is 1. The Hall–Kier alpha value is -3.22. The van der Waals surface area contributed by atoms with Crippen LogP contribution in [0.5, 0.6) is 17.2 Å². The lowest BCUT2D eigenvalue weighted by Crippen LogP contribution is -2.46. The minimum absolute atomic E-state index is 0.190. The molecule has 0 saturated carbocycles. The standard InChI is InChI=1S/C21H22N2O5/c1-14-5-3-4-6-16(14)26-10-9-23-19(24)21(2,22-20(23)25)12-15-7-8-17-18(11-15)28-13-27-17/h3-8,11H,9-10,12-13H2,1-2H3,(H,22,25)/t21-/m1/s1. The summed E-state index contributed by atoms with van der Waals surface area (Å²) >= 11 is 0. The molecule has 7 heteroatoms. The van der Waals surface area contributed by atoms with Crippen molar-refractivity contribution in [2.45, 2.75) is 25.8 Å². The number of hydrogen-bond donors (Lipinski definition) is 1. The molecule has 7 nitrogen and oxygen atoms in total. The molecule has 0 aromatic heterocycles. The maximum atomic E-state index is 12.9. The van der Waals surface area contributed by atoms with E-state index in [2.05, 4.69) is 5.32 Å². The van der Waals surface area contributed by atoms with Gasteiger partial charge < -0.3 is 19.5 Å². The predicted molar refractivity (Wildman–Crippen MR) is 102 cm³/mol. The molecular formula is C21H22N2O5. The molecule has 0 aliphatic carbocycles. The summed E-state index contributed by atoms with van der Waals surface area (Å²) in [5.41, 5.74) is 0.888. The van der Waals surface area contributed by atoms with Gasteiger partial charge in [0.25, 0.3) is 5.91 Å². The maximum absolute atomic E-state index is 12.9. The monoisotopic (exact) mass is 382 g/mol. The van der Waals surface area contributed by atoms with Gasteiger partial charge in [-0.05, 0) is 43.2 Å². The zero-order valence-electron chi connectivity index (χ0n) is 15.9. The third-order valence-corrected chi connectivity index (χ3v) is 5.01. The van der Waals surface area contributed by atoms with Crippen molar-refractivity contribution in [3.63, 3.8) is 0 Å². The summed E-state index contributed by atoms with van der Waals surface area (Å²) in [7, 11) is 0. The SMILES string of the molecule is Cc1ccccc1OCCN1C(=O)N[C@](C)(Cc2ccc3c(c2)OCO3)C1=O. The van der Waals surface area contributed by atoms with E-state index in [9.17, 15) is 9.59 Å². The maximum Gasteiger partial charge on any atom is 0.325 e. The second kappa shape index (κ2) is 7.07. The average molecular weight is 382 g/mol. The summed E-state index contributed by atoms with van der Waals surface area (Å²) in [5.74, 6) is 1.83. The molecule has 1 fully saturated rings. The van der Waals surface area contributed by atoms with E-state index in [4.69, 9.17) is 14.2 Å². The van der Waals surface area contributed by atoms with Crippen molar-refractivity contribution in [3.8, 4) is 17.2 Å². The number of hydrogen-bond acceptors (Lipinski definition) is 5. The van der Waals surface area contributed by atoms with Crippen LogP contribution in [0.1, 0.15) is 18.1 Å². The Morgan fingerprint density at radius 2 is 1.93 bits per heavy atom. The van der Waals surface area contributed by atoms with E-state index < -0.39 is 11.6 Å². The molecule has 2 aliphatic heterocycles. The highest BCUT2D eigenvalue weighted by atomic mass is 16.7. The van der Waals surface area contributed by atoms with Gasteiger partial charge in [0, 0.05) is 6.42 Å². The Kier molecular flexibility index (Phi) is 4.58. The van der Waals surface area contributed by atoms with E-state index in [1.165, 1.54) is 4.90 Å². The first-order valence-electron chi connectivity index (χ1n) is 9.17. The summed E-state index contributed by atoms with van der Waals surface area (Å²) in [4.78, 5) is 26.5. The number of amides is 3. The Morgan fingerprint density at radius 3 is 2.75 bits per heavy atom. The van der Waals surface area contributed by atoms with E-state index in [-0.39, 0.29) is 25.9 Å². The lowest BCUT2D eigenvalue weighted by molar-refractivity contribution is -0.131. The molecule has 146 valence electrons. The van der Waals surface area contributed by atoms with Crippen LogP contribution < -0.4 is 19.5 Å². The molecule has 1 N–H and O–H groups in total. The average Bonchev–Trinajstić information content (AvgIpc) is 3.20. The molecule has 28 heavy (non-hydrogen) atoms. The first kappa shape index (κ1) is 18.2. The number of imide groups is 1. The number of benzene rings is 2. The number of urea groups is 1. The molecule has 0 radical (unpaired) electrons. The molecule has 0 unspecified atom stereocenters. The summed E-state index contributed by atoms with van der Waals surface area (Å²) in [6.45, 7) is 4.31. The first-order chi connectivity index (χ1) is 13.5. The highest BCUT2D eigenvalue weighted by molar-refractivity contribution is 6.07. The van der Waals surface area contributed by atoms with Gasteiger partial charge in [-0.1, -0.05) is 24.3 Å². The molecule has 0 bridgehead atoms. The lowest BCUT2D eigenvalue weighted by Gasteiger charge is -2.22. The molecule has 2 aliphatic rings. The van der Waals surface area contributed by atoms with Crippen LogP contribution in [-0.4, -0.2) is 42.3 Å². The van der Waals surface area contributed by atoms with Crippen LogP contribution in [-0.2, 0) is 11.2 Å². The lowest BCUT2D eigenvalue weighted by atomic mass is 9.92. The summed E-state index contributed by atoms with van der Waals surface area (Å²) in [5, 5.41) is 2.82. The van der Waals surface area contributed by atoms with E-state index in [0.717, 1.165) is 16.9 Å². The fourth-order valence-corrected chi connectivity index (χ4v) is 3.49. The van der Waals surface area contributed by atoms with E-state index in [0.29, 0.717) is 17.9 Å². The quantitative estimate of drug-likeness (QED) is 0.778. The second-order valence-corrected chi connectivity index (χ2v) is 7.20. The van der Waals surface area contributed by atoms with Crippen molar-refractivity contribution in [3.05, 3.63) is 53.6 Å². The number of aryl methyl sites for hydroxylation is 1. The molecule has 1 atom stereocenters. The van der Waals surface area contributed by atoms with Crippen LogP contribution in [0, 0.1) is 6.92 Å². The van der Waals surface area contributed by atoms with Crippen molar-refractivity contribution < 1.29 is 23.8 Å². The van der Waals surface area contributed by atoms with Gasteiger partial charge in [0.05, 0.1) is 6.54 Å². The van der Waals surface area contributed by atoms with Gasteiger partial charge in [0.1, 0.15) is 17.9 Å². The summed E-state index contributed by atoms with van der Waals surface area (Å²) in [6.07, 6.45) is 0.364. The third-order valence-electron chi connectivity index (χ3n) is 5.01. The number of nitrogens with one attached hydrogen (secondary N) is 1. The van der Waals surface area contributed by atoms with E-state index >= 15 is 0 Å². The van der Waals surface area contributed by atoms with E-state index in [1.807, 2.05) is 49.4 Å². The van der Waals surface area contributed by atoms with Gasteiger partial charge in [0.15, 0.2) is 11.5 Å². The highest BCUT2D eigenvalue weighted by Crippen LogP contribution is 2.34. The zero-order valence-corrected chi connectivity index (χ0v) is 15.9. The number of carbonyl (C=O) groups excluding carboxylic acids is 2. The van der Waals surface area contributed by atoms with Crippen molar-refractivity contribution in [1.29, 1.82) is 0 Å². The predicted octanol–water partition coefficient (Wildman–Crippen LogP) is 2.66. The van der Waals surface area contributed by atoms with Crippen LogP contribution in [0.4, 0.5) is 4.79 Å². The molecule has 2 aromatic rings. The Bertz CT molecular complexity index is 929. The summed E-state index contributed by atoms with van der Waals surface area (Å²) in [6, 6.07) is 12.8. The largest absolute Gasteiger partial charge is 0.491 e. The third kappa shape index (κ3) is 3.35. The Morgan fingerprint density at radius 1 is 1.14 bits per heavy atom. The fourth-order valence-electron chi connectivity index (χ4n) is 3.49. The Labute approximate surface area is 163 Å². The van der Waals surface area contributed by atoms with Crippen LogP contribution in [0.15, 0.2) is 42.5 Å². The number of rotatable bonds is 6. The number of carbonyl (C=O) groups is 2. The molecule has 2 aromatic carbocycles. The van der Waals surface area contributed by atoms with Gasteiger partial charge in [-0.2, -0.15) is 0 Å². The molecule has 4 rings (SSSR count). The topological polar surface area (TPSA) is 77.1 Å². The number of ether oxygens (including phenoxy) is 3. The smallest absolute Gasteiger partial charge is 0.325 e. The van der Waals surface area contributed by atoms with Gasteiger partial charge >= 0.3 is 6.03 Å². The van der Waals surface area contributed by atoms with Crippen molar-refractivity contribution >= 4 is 11.9 Å². The Balaban J connectivity index is 1.40. The second-order valence-electron chi connectivity index (χ2n) is 7.20. The molecule has 2 heterocycles. The molecule has 0 spiro atoms. The number of nitrogens with zero attached hydrogens (tertiary/aromatic N) is 1. The van der Waals surface area contributed by atoms with Crippen molar-refractivity contribution in [1.82, 2.24) is 10.2 Å². The minimum Gasteiger partial charge on any atom is -0.491 e. The minimum atomic E-state index is -1.01. The molecule has 1 saturated heterocycles. The van der Waals surface area contributed by atoms with Crippen molar-refractivity contribution in [2.75, 3.05) is 19.9 Å². The van der Waals surface area contributed by atoms with Crippen molar-refractivity contribution in [2.24, 2.45) is 0 Å². The van der Waals surface area contributed by atoms with Gasteiger partial charge in [-0.15, -0.1) is 0 Å². The van der Waals surface area contributed by atoms with E-state index in [1.54, 1.807) is 6.92 Å². The first-order valence-corrected chi connectivity index (χ1v) is 9.17. The van der Waals surface area contributed by atoms with Crippen LogP contribution >= 0.6 is 0 Å². The van der Waals surface area contributed by atoms with Crippen LogP contribution in [0.2, 0.25) is 0 Å². The highest BCUT2D eigenvalue weighted by Gasteiger charge is 2.47. The molecular weight excluding hydrogens is 360 g/mol.